The van der Waals surface area contributed by atoms with E-state index in [1.807, 2.05) is 32.3 Å². The second kappa shape index (κ2) is 6.85. The van der Waals surface area contributed by atoms with E-state index in [2.05, 4.69) is 43.3 Å². The van der Waals surface area contributed by atoms with Crippen molar-refractivity contribution in [2.75, 3.05) is 27.2 Å². The molecule has 2 aromatic rings. The van der Waals surface area contributed by atoms with E-state index in [4.69, 9.17) is 10.6 Å². The maximum absolute atomic E-state index is 6.13. The van der Waals surface area contributed by atoms with Crippen molar-refractivity contribution in [3.63, 3.8) is 0 Å². The molecule has 0 aliphatic carbocycles. The van der Waals surface area contributed by atoms with E-state index in [1.165, 1.54) is 16.7 Å². The zero-order chi connectivity index (χ0) is 15.3. The highest BCUT2D eigenvalue weighted by Gasteiger charge is 2.16. The summed E-state index contributed by atoms with van der Waals surface area (Å²) in [7, 11) is 3.93. The van der Waals surface area contributed by atoms with Crippen molar-refractivity contribution in [1.29, 1.82) is 0 Å². The number of nitrogens with zero attached hydrogens (tertiary/aromatic N) is 1. The number of ether oxygens (including phenoxy) is 1. The molecule has 0 saturated carbocycles. The Morgan fingerprint density at radius 3 is 2.10 bits per heavy atom. The fourth-order valence-electron chi connectivity index (χ4n) is 2.16. The van der Waals surface area contributed by atoms with Gasteiger partial charge in [0.2, 0.25) is 0 Å². The van der Waals surface area contributed by atoms with Crippen LogP contribution in [0.4, 0.5) is 0 Å². The predicted molar refractivity (Wildman–Crippen MR) is 86.6 cm³/mol. The number of hydrogen-bond donors (Lipinski definition) is 1. The molecule has 2 N–H and O–H groups in total. The molecular weight excluding hydrogens is 260 g/mol. The van der Waals surface area contributed by atoms with Gasteiger partial charge in [0, 0.05) is 0 Å². The Morgan fingerprint density at radius 2 is 1.52 bits per heavy atom. The zero-order valence-electron chi connectivity index (χ0n) is 13.1. The molecular formula is C18H25N2O+. The van der Waals surface area contributed by atoms with Crippen LogP contribution in [0.15, 0.2) is 54.6 Å². The number of rotatable bonds is 6. The zero-order valence-corrected chi connectivity index (χ0v) is 13.1. The summed E-state index contributed by atoms with van der Waals surface area (Å²) in [4.78, 5) is 0. The van der Waals surface area contributed by atoms with Crippen LogP contribution < -0.4 is 5.84 Å². The molecule has 2 rings (SSSR count). The summed E-state index contributed by atoms with van der Waals surface area (Å²) in [6, 6.07) is 18.8. The highest BCUT2D eigenvalue weighted by atomic mass is 16.5. The largest absolute Gasteiger partial charge is 0.363 e. The lowest BCUT2D eigenvalue weighted by Gasteiger charge is -2.24. The summed E-state index contributed by atoms with van der Waals surface area (Å²) in [6.07, 6.45) is -0.0432. The summed E-state index contributed by atoms with van der Waals surface area (Å²) in [5, 5.41) is 0. The van der Waals surface area contributed by atoms with Crippen LogP contribution >= 0.6 is 0 Å². The minimum Gasteiger partial charge on any atom is -0.363 e. The van der Waals surface area contributed by atoms with Gasteiger partial charge in [-0.05, 0) is 18.1 Å². The molecule has 3 heteroatoms. The molecule has 0 heterocycles. The first-order valence-electron chi connectivity index (χ1n) is 7.30. The van der Waals surface area contributed by atoms with Crippen LogP contribution in [-0.4, -0.2) is 31.8 Å². The number of benzene rings is 2. The van der Waals surface area contributed by atoms with Crippen molar-refractivity contribution in [2.24, 2.45) is 5.84 Å². The van der Waals surface area contributed by atoms with Gasteiger partial charge in [-0.15, -0.1) is 0 Å². The first-order chi connectivity index (χ1) is 9.96. The van der Waals surface area contributed by atoms with Gasteiger partial charge in [-0.25, -0.2) is 0 Å². The molecule has 0 aromatic heterocycles. The topological polar surface area (TPSA) is 35.2 Å². The van der Waals surface area contributed by atoms with Crippen LogP contribution in [0.1, 0.15) is 22.8 Å². The lowest BCUT2D eigenvalue weighted by Crippen LogP contribution is -2.48. The Bertz CT molecular complexity index is 544. The molecule has 0 bridgehead atoms. The minimum atomic E-state index is -0.0432. The number of likely N-dealkylation sites (N-methyl/N-ethyl adjacent to an activating group) is 1. The second-order valence-corrected chi connectivity index (χ2v) is 6.07. The number of aryl methyl sites for hydroxylation is 1. The molecule has 3 nitrogen and oxygen atoms in total. The van der Waals surface area contributed by atoms with Crippen molar-refractivity contribution < 1.29 is 9.33 Å². The third kappa shape index (κ3) is 4.97. The highest BCUT2D eigenvalue weighted by molar-refractivity contribution is 5.31. The molecule has 0 radical (unpaired) electrons. The number of hydrogen-bond acceptors (Lipinski definition) is 2. The molecule has 112 valence electrons. The van der Waals surface area contributed by atoms with Crippen LogP contribution in [0.5, 0.6) is 0 Å². The lowest BCUT2D eigenvalue weighted by atomic mass is 10.0. The average Bonchev–Trinajstić information content (AvgIpc) is 2.45. The standard InChI is InChI=1S/C18H25N2O/c1-15-9-11-17(12-10-15)18(16-7-5-4-6-8-16)21-14-13-20(2,3)19/h4-12,18H,13-14,19H2,1-3H3/q+1. The maximum atomic E-state index is 6.13. The fourth-order valence-corrected chi connectivity index (χ4v) is 2.16. The number of quaternary nitrogens is 1. The van der Waals surface area contributed by atoms with Gasteiger partial charge in [0.1, 0.15) is 12.6 Å². The molecule has 0 spiro atoms. The van der Waals surface area contributed by atoms with Crippen molar-refractivity contribution in [1.82, 2.24) is 0 Å². The van der Waals surface area contributed by atoms with Crippen LogP contribution in [0, 0.1) is 6.92 Å². The van der Waals surface area contributed by atoms with Gasteiger partial charge in [0.25, 0.3) is 0 Å². The SMILES string of the molecule is Cc1ccc(C(OCC[N+](C)(C)N)c2ccccc2)cc1. The Balaban J connectivity index is 2.17. The number of nitrogens with two attached hydrogens (primary N) is 1. The Morgan fingerprint density at radius 1 is 0.952 bits per heavy atom. The molecule has 21 heavy (non-hydrogen) atoms. The second-order valence-electron chi connectivity index (χ2n) is 6.07. The van der Waals surface area contributed by atoms with E-state index < -0.39 is 0 Å². The van der Waals surface area contributed by atoms with Gasteiger partial charge in [-0.2, -0.15) is 5.84 Å². The van der Waals surface area contributed by atoms with Crippen LogP contribution in [0.3, 0.4) is 0 Å². The maximum Gasteiger partial charge on any atom is 0.119 e. The van der Waals surface area contributed by atoms with Gasteiger partial charge in [0.15, 0.2) is 0 Å². The first kappa shape index (κ1) is 15.7. The predicted octanol–water partition coefficient (Wildman–Crippen LogP) is 3.05. The molecule has 0 fully saturated rings. The van der Waals surface area contributed by atoms with Crippen LogP contribution in [-0.2, 0) is 4.74 Å². The van der Waals surface area contributed by atoms with Crippen LogP contribution in [0.2, 0.25) is 0 Å². The van der Waals surface area contributed by atoms with Crippen LogP contribution in [0.25, 0.3) is 0 Å². The van der Waals surface area contributed by atoms with Gasteiger partial charge in [-0.3, -0.25) is 4.59 Å². The van der Waals surface area contributed by atoms with E-state index in [0.717, 1.165) is 6.54 Å². The summed E-state index contributed by atoms with van der Waals surface area (Å²) in [5.41, 5.74) is 3.60. The quantitative estimate of drug-likeness (QED) is 0.503. The van der Waals surface area contributed by atoms with E-state index >= 15 is 0 Å². The monoisotopic (exact) mass is 285 g/mol. The average molecular weight is 285 g/mol. The smallest absolute Gasteiger partial charge is 0.119 e. The molecule has 0 aliphatic heterocycles. The van der Waals surface area contributed by atoms with E-state index in [0.29, 0.717) is 11.2 Å². The Labute approximate surface area is 127 Å². The molecule has 2 aromatic carbocycles. The van der Waals surface area contributed by atoms with E-state index in [9.17, 15) is 0 Å². The molecule has 1 atom stereocenters. The van der Waals surface area contributed by atoms with Crippen molar-refractivity contribution in [2.45, 2.75) is 13.0 Å². The first-order valence-corrected chi connectivity index (χ1v) is 7.30. The van der Waals surface area contributed by atoms with Gasteiger partial charge in [-0.1, -0.05) is 60.2 Å². The molecule has 0 saturated heterocycles. The van der Waals surface area contributed by atoms with E-state index in [1.54, 1.807) is 0 Å². The van der Waals surface area contributed by atoms with Gasteiger partial charge >= 0.3 is 0 Å². The Hall–Kier alpha value is -1.68. The molecule has 0 aliphatic rings. The third-order valence-corrected chi connectivity index (χ3v) is 3.43. The summed E-state index contributed by atoms with van der Waals surface area (Å²) < 4.78 is 6.55. The Kier molecular flexibility index (Phi) is 5.12. The normalized spacial score (nSPS) is 13.1. The molecule has 1 unspecified atom stereocenters. The minimum absolute atomic E-state index is 0.0432. The summed E-state index contributed by atoms with van der Waals surface area (Å²) in [6.45, 7) is 3.49. The van der Waals surface area contributed by atoms with Gasteiger partial charge < -0.3 is 4.74 Å². The highest BCUT2D eigenvalue weighted by Crippen LogP contribution is 2.26. The van der Waals surface area contributed by atoms with Gasteiger partial charge in [0.05, 0.1) is 20.7 Å². The fraction of sp³-hybridized carbons (Fsp3) is 0.333. The summed E-state index contributed by atoms with van der Waals surface area (Å²) in [5.74, 6) is 5.98. The van der Waals surface area contributed by atoms with Crippen molar-refractivity contribution in [3.8, 4) is 0 Å². The lowest BCUT2D eigenvalue weighted by molar-refractivity contribution is -0.902. The third-order valence-electron chi connectivity index (χ3n) is 3.43. The van der Waals surface area contributed by atoms with E-state index in [-0.39, 0.29) is 6.10 Å². The summed E-state index contributed by atoms with van der Waals surface area (Å²) >= 11 is 0. The molecule has 0 amide bonds. The van der Waals surface area contributed by atoms with Crippen molar-refractivity contribution in [3.05, 3.63) is 71.3 Å². The van der Waals surface area contributed by atoms with Crippen molar-refractivity contribution >= 4 is 0 Å².